The van der Waals surface area contributed by atoms with Crippen LogP contribution >= 0.6 is 11.3 Å². The predicted molar refractivity (Wildman–Crippen MR) is 98.3 cm³/mol. The van der Waals surface area contributed by atoms with Crippen molar-refractivity contribution in [2.24, 2.45) is 0 Å². The Labute approximate surface area is 145 Å². The number of aryl methyl sites for hydroxylation is 3. The summed E-state index contributed by atoms with van der Waals surface area (Å²) in [6.07, 6.45) is 2.07. The van der Waals surface area contributed by atoms with Gasteiger partial charge in [-0.2, -0.15) is 0 Å². The van der Waals surface area contributed by atoms with Crippen LogP contribution in [0.5, 0.6) is 0 Å². The summed E-state index contributed by atoms with van der Waals surface area (Å²) in [5.74, 6) is -0.0284. The average Bonchev–Trinajstić information content (AvgIpc) is 2.88. The van der Waals surface area contributed by atoms with Crippen LogP contribution in [-0.2, 0) is 11.2 Å². The van der Waals surface area contributed by atoms with E-state index in [2.05, 4.69) is 21.4 Å². The maximum Gasteiger partial charge on any atom is 0.229 e. The number of nitrogens with zero attached hydrogens (tertiary/aromatic N) is 2. The molecule has 5 heteroatoms. The number of pyridine rings is 1. The zero-order chi connectivity index (χ0) is 17.1. The topological polar surface area (TPSA) is 54.9 Å². The van der Waals surface area contributed by atoms with Gasteiger partial charge in [0.05, 0.1) is 17.8 Å². The molecule has 24 heavy (non-hydrogen) atoms. The lowest BCUT2D eigenvalue weighted by Crippen LogP contribution is -2.14. The Morgan fingerprint density at radius 1 is 1.12 bits per heavy atom. The molecule has 1 amide bonds. The van der Waals surface area contributed by atoms with Crippen LogP contribution in [0, 0.1) is 20.8 Å². The number of thiazole rings is 1. The molecule has 0 fully saturated rings. The largest absolute Gasteiger partial charge is 0.326 e. The summed E-state index contributed by atoms with van der Waals surface area (Å²) in [6.45, 7) is 5.98. The maximum atomic E-state index is 12.4. The van der Waals surface area contributed by atoms with Gasteiger partial charge in [-0.1, -0.05) is 12.1 Å². The Morgan fingerprint density at radius 2 is 1.88 bits per heavy atom. The molecule has 4 nitrogen and oxygen atoms in total. The van der Waals surface area contributed by atoms with Gasteiger partial charge >= 0.3 is 0 Å². The number of hydrogen-bond acceptors (Lipinski definition) is 4. The van der Waals surface area contributed by atoms with E-state index in [4.69, 9.17) is 0 Å². The predicted octanol–water partition coefficient (Wildman–Crippen LogP) is 4.31. The molecule has 2 aromatic heterocycles. The number of aromatic nitrogens is 2. The molecule has 0 spiro atoms. The molecule has 122 valence electrons. The van der Waals surface area contributed by atoms with Crippen molar-refractivity contribution >= 4 is 22.9 Å². The maximum absolute atomic E-state index is 12.4. The highest BCUT2D eigenvalue weighted by Crippen LogP contribution is 2.27. The molecule has 1 aromatic carbocycles. The SMILES string of the molecule is Cc1cc(C)cc(NC(=O)Cc2sc(-c3ccccn3)nc2C)c1. The first-order chi connectivity index (χ1) is 11.5. The van der Waals surface area contributed by atoms with E-state index in [1.165, 1.54) is 11.3 Å². The zero-order valence-electron chi connectivity index (χ0n) is 14.0. The summed E-state index contributed by atoms with van der Waals surface area (Å²) in [7, 11) is 0. The monoisotopic (exact) mass is 337 g/mol. The van der Waals surface area contributed by atoms with Gasteiger partial charge in [-0.25, -0.2) is 4.98 Å². The summed E-state index contributed by atoms with van der Waals surface area (Å²) in [4.78, 5) is 22.2. The van der Waals surface area contributed by atoms with Gasteiger partial charge in [0.2, 0.25) is 5.91 Å². The van der Waals surface area contributed by atoms with Crippen molar-refractivity contribution in [1.82, 2.24) is 9.97 Å². The van der Waals surface area contributed by atoms with Crippen LogP contribution in [0.25, 0.3) is 10.7 Å². The molecule has 0 bridgehead atoms. The molecule has 2 heterocycles. The van der Waals surface area contributed by atoms with Crippen molar-refractivity contribution in [3.05, 3.63) is 64.3 Å². The first kappa shape index (κ1) is 16.3. The fraction of sp³-hybridized carbons (Fsp3) is 0.211. The lowest BCUT2D eigenvalue weighted by atomic mass is 10.1. The Balaban J connectivity index is 1.74. The summed E-state index contributed by atoms with van der Waals surface area (Å²) in [5, 5.41) is 3.82. The van der Waals surface area contributed by atoms with Crippen LogP contribution in [0.15, 0.2) is 42.6 Å². The van der Waals surface area contributed by atoms with Crippen molar-refractivity contribution in [3.8, 4) is 10.7 Å². The summed E-state index contributed by atoms with van der Waals surface area (Å²) < 4.78 is 0. The lowest BCUT2D eigenvalue weighted by molar-refractivity contribution is -0.115. The molecule has 3 aromatic rings. The lowest BCUT2D eigenvalue weighted by Gasteiger charge is -2.07. The minimum atomic E-state index is -0.0284. The molecule has 1 N–H and O–H groups in total. The van der Waals surface area contributed by atoms with Crippen LogP contribution in [0.2, 0.25) is 0 Å². The van der Waals surface area contributed by atoms with E-state index < -0.39 is 0 Å². The first-order valence-electron chi connectivity index (χ1n) is 7.77. The van der Waals surface area contributed by atoms with E-state index in [1.54, 1.807) is 6.20 Å². The third kappa shape index (κ3) is 3.86. The molecule has 0 saturated heterocycles. The summed E-state index contributed by atoms with van der Waals surface area (Å²) in [5.41, 5.74) is 4.83. The van der Waals surface area contributed by atoms with Crippen molar-refractivity contribution in [3.63, 3.8) is 0 Å². The number of benzene rings is 1. The van der Waals surface area contributed by atoms with E-state index in [1.807, 2.05) is 51.1 Å². The van der Waals surface area contributed by atoms with Gasteiger partial charge in [-0.05, 0) is 56.2 Å². The highest BCUT2D eigenvalue weighted by molar-refractivity contribution is 7.15. The van der Waals surface area contributed by atoms with Crippen molar-refractivity contribution in [1.29, 1.82) is 0 Å². The average molecular weight is 337 g/mol. The number of anilines is 1. The molecule has 0 aliphatic rings. The highest BCUT2D eigenvalue weighted by atomic mass is 32.1. The van der Waals surface area contributed by atoms with E-state index in [-0.39, 0.29) is 5.91 Å². The molecule has 0 aliphatic carbocycles. The molecular formula is C19H19N3OS. The second kappa shape index (κ2) is 6.93. The summed E-state index contributed by atoms with van der Waals surface area (Å²) in [6, 6.07) is 11.8. The van der Waals surface area contributed by atoms with Gasteiger partial charge in [0.25, 0.3) is 0 Å². The number of amides is 1. The van der Waals surface area contributed by atoms with E-state index >= 15 is 0 Å². The quantitative estimate of drug-likeness (QED) is 0.772. The number of nitrogens with one attached hydrogen (secondary N) is 1. The van der Waals surface area contributed by atoms with Gasteiger partial charge < -0.3 is 5.32 Å². The number of carbonyl (C=O) groups excluding carboxylic acids is 1. The Morgan fingerprint density at radius 3 is 2.54 bits per heavy atom. The Kier molecular flexibility index (Phi) is 4.71. The van der Waals surface area contributed by atoms with Gasteiger partial charge in [0.15, 0.2) is 0 Å². The van der Waals surface area contributed by atoms with E-state index in [9.17, 15) is 4.79 Å². The number of rotatable bonds is 4. The third-order valence-electron chi connectivity index (χ3n) is 3.60. The third-order valence-corrected chi connectivity index (χ3v) is 4.78. The van der Waals surface area contributed by atoms with E-state index in [0.717, 1.165) is 38.1 Å². The van der Waals surface area contributed by atoms with Gasteiger partial charge in [-0.3, -0.25) is 9.78 Å². The zero-order valence-corrected chi connectivity index (χ0v) is 14.8. The van der Waals surface area contributed by atoms with Gasteiger partial charge in [0.1, 0.15) is 5.01 Å². The standard InChI is InChI=1S/C19H19N3OS/c1-12-8-13(2)10-15(9-12)22-18(23)11-17-14(3)21-19(24-17)16-6-4-5-7-20-16/h4-10H,11H2,1-3H3,(H,22,23). The fourth-order valence-corrected chi connectivity index (χ4v) is 3.63. The minimum absolute atomic E-state index is 0.0284. The minimum Gasteiger partial charge on any atom is -0.326 e. The Bertz CT molecular complexity index is 851. The first-order valence-corrected chi connectivity index (χ1v) is 8.59. The van der Waals surface area contributed by atoms with Crippen LogP contribution < -0.4 is 5.32 Å². The molecule has 0 aliphatic heterocycles. The van der Waals surface area contributed by atoms with Crippen molar-refractivity contribution in [2.75, 3.05) is 5.32 Å². The second-order valence-electron chi connectivity index (χ2n) is 5.84. The van der Waals surface area contributed by atoms with Crippen LogP contribution in [0.3, 0.4) is 0 Å². The van der Waals surface area contributed by atoms with Gasteiger partial charge in [-0.15, -0.1) is 11.3 Å². The van der Waals surface area contributed by atoms with E-state index in [0.29, 0.717) is 6.42 Å². The highest BCUT2D eigenvalue weighted by Gasteiger charge is 2.14. The van der Waals surface area contributed by atoms with Crippen LogP contribution in [-0.4, -0.2) is 15.9 Å². The van der Waals surface area contributed by atoms with Gasteiger partial charge in [0, 0.05) is 16.8 Å². The van der Waals surface area contributed by atoms with Crippen molar-refractivity contribution in [2.45, 2.75) is 27.2 Å². The number of hydrogen-bond donors (Lipinski definition) is 1. The smallest absolute Gasteiger partial charge is 0.229 e. The molecule has 0 radical (unpaired) electrons. The molecule has 3 rings (SSSR count). The summed E-state index contributed by atoms with van der Waals surface area (Å²) >= 11 is 1.52. The Hall–Kier alpha value is -2.53. The van der Waals surface area contributed by atoms with Crippen LogP contribution in [0.1, 0.15) is 21.7 Å². The second-order valence-corrected chi connectivity index (χ2v) is 6.93. The van der Waals surface area contributed by atoms with Crippen molar-refractivity contribution < 1.29 is 4.79 Å². The molecule has 0 saturated carbocycles. The molecule has 0 atom stereocenters. The number of carbonyl (C=O) groups is 1. The van der Waals surface area contributed by atoms with Crippen LogP contribution in [0.4, 0.5) is 5.69 Å². The normalized spacial score (nSPS) is 10.6. The molecular weight excluding hydrogens is 318 g/mol. The fourth-order valence-electron chi connectivity index (χ4n) is 2.59. The molecule has 0 unspecified atom stereocenters.